The fraction of sp³-hybridized carbons (Fsp3) is 0.136. The third-order valence-electron chi connectivity index (χ3n) is 4.47. The van der Waals surface area contributed by atoms with Gasteiger partial charge < -0.3 is 14.2 Å². The third kappa shape index (κ3) is 3.57. The number of carbonyl (C=O) groups is 1. The van der Waals surface area contributed by atoms with Gasteiger partial charge in [-0.1, -0.05) is 47.6 Å². The van der Waals surface area contributed by atoms with Gasteiger partial charge in [0.05, 0.1) is 5.56 Å². The zero-order valence-corrected chi connectivity index (χ0v) is 15.6. The number of anilines is 1. The number of aromatic nitrogens is 2. The molecule has 0 spiro atoms. The first-order valence-corrected chi connectivity index (χ1v) is 8.90. The molecule has 1 aromatic heterocycles. The van der Waals surface area contributed by atoms with Crippen molar-refractivity contribution in [1.29, 1.82) is 0 Å². The normalized spacial score (nSPS) is 10.8. The lowest BCUT2D eigenvalue weighted by molar-refractivity contribution is 0.0988. The van der Waals surface area contributed by atoms with Crippen LogP contribution in [0.5, 0.6) is 5.75 Å². The number of carbonyl (C=O) groups excluding carboxylic acids is 1. The largest absolute Gasteiger partial charge is 0.485 e. The van der Waals surface area contributed by atoms with Crippen molar-refractivity contribution in [2.45, 2.75) is 13.5 Å². The Morgan fingerprint density at radius 2 is 1.79 bits per heavy atom. The highest BCUT2D eigenvalue weighted by atomic mass is 16.5. The van der Waals surface area contributed by atoms with Crippen LogP contribution >= 0.6 is 0 Å². The molecular weight excluding hydrogens is 354 g/mol. The summed E-state index contributed by atoms with van der Waals surface area (Å²) in [4.78, 5) is 18.8. The molecule has 28 heavy (non-hydrogen) atoms. The minimum Gasteiger partial charge on any atom is -0.485 e. The molecule has 3 aromatic carbocycles. The van der Waals surface area contributed by atoms with Gasteiger partial charge in [-0.25, -0.2) is 0 Å². The van der Waals surface area contributed by atoms with Crippen LogP contribution in [-0.2, 0) is 6.61 Å². The number of rotatable bonds is 5. The van der Waals surface area contributed by atoms with Crippen molar-refractivity contribution in [3.05, 3.63) is 84.0 Å². The van der Waals surface area contributed by atoms with Crippen LogP contribution in [0, 0.1) is 6.92 Å². The minimum absolute atomic E-state index is 0.126. The van der Waals surface area contributed by atoms with E-state index in [1.165, 1.54) is 0 Å². The first-order chi connectivity index (χ1) is 13.6. The molecule has 4 rings (SSSR count). The monoisotopic (exact) mass is 373 g/mol. The number of benzene rings is 3. The number of ether oxygens (including phenoxy) is 1. The average molecular weight is 373 g/mol. The van der Waals surface area contributed by atoms with E-state index < -0.39 is 0 Å². The molecule has 1 amide bonds. The van der Waals surface area contributed by atoms with E-state index in [2.05, 4.69) is 10.1 Å². The van der Waals surface area contributed by atoms with Gasteiger partial charge in [-0.2, -0.15) is 4.98 Å². The highest BCUT2D eigenvalue weighted by Crippen LogP contribution is 2.26. The minimum atomic E-state index is -0.157. The second-order valence-corrected chi connectivity index (χ2v) is 6.41. The Balaban J connectivity index is 1.58. The van der Waals surface area contributed by atoms with Gasteiger partial charge >= 0.3 is 0 Å². The number of para-hydroxylation sites is 1. The Morgan fingerprint density at radius 1 is 1.04 bits per heavy atom. The lowest BCUT2D eigenvalue weighted by Crippen LogP contribution is -2.26. The number of amides is 1. The molecule has 140 valence electrons. The fourth-order valence-electron chi connectivity index (χ4n) is 2.99. The maximum Gasteiger partial charge on any atom is 0.261 e. The number of nitrogens with zero attached hydrogens (tertiary/aromatic N) is 3. The Bertz CT molecular complexity index is 1140. The molecule has 0 unspecified atom stereocenters. The fourth-order valence-corrected chi connectivity index (χ4v) is 2.99. The summed E-state index contributed by atoms with van der Waals surface area (Å²) in [6.45, 7) is 1.84. The highest BCUT2D eigenvalue weighted by molar-refractivity contribution is 6.08. The maximum atomic E-state index is 13.1. The molecule has 0 saturated carbocycles. The Hall–Kier alpha value is -3.67. The molecule has 6 heteroatoms. The molecule has 6 nitrogen and oxygen atoms in total. The van der Waals surface area contributed by atoms with E-state index in [1.807, 2.05) is 54.6 Å². The summed E-state index contributed by atoms with van der Waals surface area (Å²) in [6.07, 6.45) is 0. The topological polar surface area (TPSA) is 68.5 Å². The summed E-state index contributed by atoms with van der Waals surface area (Å²) in [5.74, 6) is 1.22. The van der Waals surface area contributed by atoms with E-state index in [0.29, 0.717) is 23.0 Å². The van der Waals surface area contributed by atoms with Crippen molar-refractivity contribution in [2.24, 2.45) is 0 Å². The smallest absolute Gasteiger partial charge is 0.261 e. The number of fused-ring (bicyclic) bond motifs is 1. The van der Waals surface area contributed by atoms with Gasteiger partial charge in [-0.3, -0.25) is 4.79 Å². The SMILES string of the molecule is Cc1nc(COc2ccccc2C(=O)N(C)c2ccc3ccccc3c2)no1. The molecule has 0 atom stereocenters. The molecule has 0 aliphatic carbocycles. The first kappa shape index (κ1) is 17.7. The van der Waals surface area contributed by atoms with Crippen LogP contribution in [0.25, 0.3) is 10.8 Å². The van der Waals surface area contributed by atoms with E-state index in [-0.39, 0.29) is 12.5 Å². The lowest BCUT2D eigenvalue weighted by Gasteiger charge is -2.19. The second kappa shape index (κ2) is 7.52. The average Bonchev–Trinajstić information content (AvgIpc) is 3.16. The third-order valence-corrected chi connectivity index (χ3v) is 4.47. The predicted octanol–water partition coefficient (Wildman–Crippen LogP) is 4.39. The van der Waals surface area contributed by atoms with Gasteiger partial charge in [0, 0.05) is 19.7 Å². The molecule has 0 bridgehead atoms. The van der Waals surface area contributed by atoms with Crippen LogP contribution in [0.2, 0.25) is 0 Å². The van der Waals surface area contributed by atoms with E-state index in [4.69, 9.17) is 9.26 Å². The summed E-state index contributed by atoms with van der Waals surface area (Å²) < 4.78 is 10.7. The molecule has 0 N–H and O–H groups in total. The van der Waals surface area contributed by atoms with E-state index in [9.17, 15) is 4.79 Å². The van der Waals surface area contributed by atoms with Gasteiger partial charge in [-0.05, 0) is 35.0 Å². The van der Waals surface area contributed by atoms with Gasteiger partial charge in [0.25, 0.3) is 5.91 Å². The van der Waals surface area contributed by atoms with Crippen molar-refractivity contribution in [2.75, 3.05) is 11.9 Å². The van der Waals surface area contributed by atoms with Crippen molar-refractivity contribution in [3.8, 4) is 5.75 Å². The van der Waals surface area contributed by atoms with Gasteiger partial charge in [0.15, 0.2) is 6.61 Å². The molecule has 0 radical (unpaired) electrons. The summed E-state index contributed by atoms with van der Waals surface area (Å²) in [5, 5.41) is 6.02. The first-order valence-electron chi connectivity index (χ1n) is 8.90. The van der Waals surface area contributed by atoms with Crippen LogP contribution in [0.3, 0.4) is 0 Å². The summed E-state index contributed by atoms with van der Waals surface area (Å²) >= 11 is 0. The van der Waals surface area contributed by atoms with Crippen molar-refractivity contribution in [1.82, 2.24) is 10.1 Å². The van der Waals surface area contributed by atoms with Gasteiger partial charge in [0.1, 0.15) is 5.75 Å². The highest BCUT2D eigenvalue weighted by Gasteiger charge is 2.18. The Morgan fingerprint density at radius 3 is 2.57 bits per heavy atom. The molecule has 4 aromatic rings. The predicted molar refractivity (Wildman–Crippen MR) is 106 cm³/mol. The van der Waals surface area contributed by atoms with Gasteiger partial charge in [0.2, 0.25) is 11.7 Å². The van der Waals surface area contributed by atoms with Crippen LogP contribution in [-0.4, -0.2) is 23.1 Å². The number of hydrogen-bond acceptors (Lipinski definition) is 5. The zero-order valence-electron chi connectivity index (χ0n) is 15.6. The van der Waals surface area contributed by atoms with Crippen molar-refractivity contribution in [3.63, 3.8) is 0 Å². The zero-order chi connectivity index (χ0) is 19.5. The molecule has 0 aliphatic heterocycles. The Labute approximate surface area is 162 Å². The standard InChI is InChI=1S/C22H19N3O3/c1-15-23-21(24-28-15)14-27-20-10-6-5-9-19(20)22(26)25(2)18-12-11-16-7-3-4-8-17(16)13-18/h3-13H,14H2,1-2H3. The molecule has 0 saturated heterocycles. The Kier molecular flexibility index (Phi) is 4.76. The quantitative estimate of drug-likeness (QED) is 0.519. The molecule has 0 aliphatic rings. The van der Waals surface area contributed by atoms with Crippen LogP contribution < -0.4 is 9.64 Å². The van der Waals surface area contributed by atoms with Crippen molar-refractivity contribution >= 4 is 22.4 Å². The van der Waals surface area contributed by atoms with Crippen LogP contribution in [0.4, 0.5) is 5.69 Å². The summed E-state index contributed by atoms with van der Waals surface area (Å²) in [6, 6.07) is 21.1. The van der Waals surface area contributed by atoms with E-state index >= 15 is 0 Å². The van der Waals surface area contributed by atoms with Gasteiger partial charge in [-0.15, -0.1) is 0 Å². The molecule has 0 fully saturated rings. The number of aryl methyl sites for hydroxylation is 1. The van der Waals surface area contributed by atoms with E-state index in [1.54, 1.807) is 31.0 Å². The van der Waals surface area contributed by atoms with E-state index in [0.717, 1.165) is 16.5 Å². The summed E-state index contributed by atoms with van der Waals surface area (Å²) in [7, 11) is 1.76. The number of hydrogen-bond donors (Lipinski definition) is 0. The van der Waals surface area contributed by atoms with Crippen molar-refractivity contribution < 1.29 is 14.1 Å². The second-order valence-electron chi connectivity index (χ2n) is 6.41. The maximum absolute atomic E-state index is 13.1. The molecule has 1 heterocycles. The molecular formula is C22H19N3O3. The van der Waals surface area contributed by atoms with Crippen LogP contribution in [0.1, 0.15) is 22.1 Å². The summed E-state index contributed by atoms with van der Waals surface area (Å²) in [5.41, 5.74) is 1.28. The van der Waals surface area contributed by atoms with Crippen LogP contribution in [0.15, 0.2) is 71.3 Å². The lowest BCUT2D eigenvalue weighted by atomic mass is 10.1.